The number of aromatic nitrogens is 3. The zero-order valence-corrected chi connectivity index (χ0v) is 12.6. The summed E-state index contributed by atoms with van der Waals surface area (Å²) in [6.07, 6.45) is 11.0. The van der Waals surface area contributed by atoms with Crippen LogP contribution in [0.1, 0.15) is 36.0 Å². The molecule has 3 rings (SSSR count). The van der Waals surface area contributed by atoms with Gasteiger partial charge in [-0.3, -0.25) is 9.78 Å². The third kappa shape index (κ3) is 3.33. The van der Waals surface area contributed by atoms with Gasteiger partial charge in [-0.05, 0) is 37.8 Å². The van der Waals surface area contributed by atoms with Gasteiger partial charge in [0.25, 0.3) is 5.91 Å². The van der Waals surface area contributed by atoms with Crippen LogP contribution in [0.3, 0.4) is 0 Å². The van der Waals surface area contributed by atoms with Crippen LogP contribution in [-0.2, 0) is 4.74 Å². The molecule has 0 spiro atoms. The lowest BCUT2D eigenvalue weighted by Crippen LogP contribution is -2.38. The van der Waals surface area contributed by atoms with E-state index in [4.69, 9.17) is 4.74 Å². The van der Waals surface area contributed by atoms with Crippen molar-refractivity contribution >= 4 is 5.91 Å². The molecule has 0 radical (unpaired) electrons. The van der Waals surface area contributed by atoms with E-state index in [-0.39, 0.29) is 11.9 Å². The van der Waals surface area contributed by atoms with Crippen LogP contribution in [0.4, 0.5) is 0 Å². The third-order valence-corrected chi connectivity index (χ3v) is 4.10. The molecule has 116 valence electrons. The molecule has 2 aromatic rings. The number of nitrogens with zero attached hydrogens (tertiary/aromatic N) is 3. The summed E-state index contributed by atoms with van der Waals surface area (Å²) in [4.78, 5) is 16.3. The smallest absolute Gasteiger partial charge is 0.254 e. The van der Waals surface area contributed by atoms with Crippen LogP contribution in [0.25, 0.3) is 5.69 Å². The summed E-state index contributed by atoms with van der Waals surface area (Å²) in [7, 11) is 1.75. The largest absolute Gasteiger partial charge is 0.381 e. The van der Waals surface area contributed by atoms with Crippen LogP contribution in [0.2, 0.25) is 0 Å². The Morgan fingerprint density at radius 2 is 2.14 bits per heavy atom. The van der Waals surface area contributed by atoms with Gasteiger partial charge < -0.3 is 10.1 Å². The lowest BCUT2D eigenvalue weighted by atomic mass is 9.93. The van der Waals surface area contributed by atoms with E-state index in [1.165, 1.54) is 0 Å². The first-order valence-electron chi connectivity index (χ1n) is 7.55. The minimum absolute atomic E-state index is 0.0731. The highest BCUT2D eigenvalue weighted by molar-refractivity contribution is 5.94. The van der Waals surface area contributed by atoms with E-state index in [2.05, 4.69) is 15.4 Å². The lowest BCUT2D eigenvalue weighted by molar-refractivity contribution is 0.0599. The van der Waals surface area contributed by atoms with Crippen molar-refractivity contribution in [1.29, 1.82) is 0 Å². The number of hydrogen-bond donors (Lipinski definition) is 1. The Morgan fingerprint density at radius 1 is 1.32 bits per heavy atom. The second kappa shape index (κ2) is 6.70. The van der Waals surface area contributed by atoms with Gasteiger partial charge in [-0.2, -0.15) is 5.10 Å². The fraction of sp³-hybridized carbons (Fsp3) is 0.438. The number of pyridine rings is 1. The molecular formula is C16H20N4O2. The van der Waals surface area contributed by atoms with E-state index < -0.39 is 0 Å². The van der Waals surface area contributed by atoms with Gasteiger partial charge in [0.15, 0.2) is 0 Å². The first-order chi connectivity index (χ1) is 10.8. The predicted octanol–water partition coefficient (Wildman–Crippen LogP) is 1.95. The molecule has 6 nitrogen and oxygen atoms in total. The fourth-order valence-corrected chi connectivity index (χ4v) is 2.78. The molecule has 0 saturated heterocycles. The van der Waals surface area contributed by atoms with Crippen molar-refractivity contribution in [3.63, 3.8) is 0 Å². The van der Waals surface area contributed by atoms with Crippen molar-refractivity contribution < 1.29 is 9.53 Å². The Bertz CT molecular complexity index is 618. The molecule has 1 aliphatic rings. The monoisotopic (exact) mass is 300 g/mol. The zero-order valence-electron chi connectivity index (χ0n) is 12.6. The lowest BCUT2D eigenvalue weighted by Gasteiger charge is -2.28. The topological polar surface area (TPSA) is 69.0 Å². The van der Waals surface area contributed by atoms with Gasteiger partial charge in [0, 0.05) is 25.5 Å². The first kappa shape index (κ1) is 14.7. The van der Waals surface area contributed by atoms with Crippen molar-refractivity contribution in [2.45, 2.75) is 37.8 Å². The standard InChI is InChI=1S/C16H20N4O2/c1-22-15-6-4-13(5-7-15)19-16(21)12-9-18-20(11-12)14-3-2-8-17-10-14/h2-3,8-11,13,15H,4-7H2,1H3,(H,19,21). The molecule has 6 heteroatoms. The highest BCUT2D eigenvalue weighted by Gasteiger charge is 2.22. The number of ether oxygens (including phenoxy) is 1. The Kier molecular flexibility index (Phi) is 4.48. The maximum Gasteiger partial charge on any atom is 0.254 e. The third-order valence-electron chi connectivity index (χ3n) is 4.10. The summed E-state index contributed by atoms with van der Waals surface area (Å²) in [6, 6.07) is 3.96. The highest BCUT2D eigenvalue weighted by atomic mass is 16.5. The summed E-state index contributed by atoms with van der Waals surface area (Å²) in [5.41, 5.74) is 1.40. The van der Waals surface area contributed by atoms with E-state index in [1.54, 1.807) is 36.6 Å². The van der Waals surface area contributed by atoms with E-state index >= 15 is 0 Å². The summed E-state index contributed by atoms with van der Waals surface area (Å²) >= 11 is 0. The summed E-state index contributed by atoms with van der Waals surface area (Å²) in [5, 5.41) is 7.30. The van der Waals surface area contributed by atoms with E-state index in [0.717, 1.165) is 31.4 Å². The molecule has 0 unspecified atom stereocenters. The molecule has 0 bridgehead atoms. The van der Waals surface area contributed by atoms with E-state index in [9.17, 15) is 4.79 Å². The van der Waals surface area contributed by atoms with Crippen LogP contribution in [-0.4, -0.2) is 39.9 Å². The maximum atomic E-state index is 12.3. The van der Waals surface area contributed by atoms with Crippen molar-refractivity contribution in [1.82, 2.24) is 20.1 Å². The number of nitrogens with one attached hydrogen (secondary N) is 1. The fourth-order valence-electron chi connectivity index (χ4n) is 2.78. The van der Waals surface area contributed by atoms with Gasteiger partial charge in [-0.25, -0.2) is 4.68 Å². The number of rotatable bonds is 4. The number of carbonyl (C=O) groups excluding carboxylic acids is 1. The van der Waals surface area contributed by atoms with E-state index in [0.29, 0.717) is 11.7 Å². The number of amides is 1. The zero-order chi connectivity index (χ0) is 15.4. The summed E-state index contributed by atoms with van der Waals surface area (Å²) < 4.78 is 7.01. The minimum atomic E-state index is -0.0731. The Hall–Kier alpha value is -2.21. The Labute approximate surface area is 129 Å². The molecule has 22 heavy (non-hydrogen) atoms. The van der Waals surface area contributed by atoms with Crippen LogP contribution in [0.15, 0.2) is 36.9 Å². The molecule has 1 amide bonds. The van der Waals surface area contributed by atoms with Crippen molar-refractivity contribution in [3.05, 3.63) is 42.5 Å². The van der Waals surface area contributed by atoms with Crippen LogP contribution >= 0.6 is 0 Å². The molecule has 0 aromatic carbocycles. The maximum absolute atomic E-state index is 12.3. The molecule has 1 aliphatic carbocycles. The predicted molar refractivity (Wildman–Crippen MR) is 81.9 cm³/mol. The summed E-state index contributed by atoms with van der Waals surface area (Å²) in [5.74, 6) is -0.0731. The molecule has 2 heterocycles. The summed E-state index contributed by atoms with van der Waals surface area (Å²) in [6.45, 7) is 0. The minimum Gasteiger partial charge on any atom is -0.381 e. The molecule has 1 saturated carbocycles. The number of methoxy groups -OCH3 is 1. The normalized spacial score (nSPS) is 21.5. The number of hydrogen-bond acceptors (Lipinski definition) is 4. The van der Waals surface area contributed by atoms with Gasteiger partial charge in [0.1, 0.15) is 0 Å². The Balaban J connectivity index is 1.60. The molecule has 1 fully saturated rings. The molecule has 0 atom stereocenters. The van der Waals surface area contributed by atoms with Crippen molar-refractivity contribution in [3.8, 4) is 5.69 Å². The van der Waals surface area contributed by atoms with Gasteiger partial charge >= 0.3 is 0 Å². The van der Waals surface area contributed by atoms with Crippen LogP contribution in [0.5, 0.6) is 0 Å². The quantitative estimate of drug-likeness (QED) is 0.937. The van der Waals surface area contributed by atoms with Crippen molar-refractivity contribution in [2.75, 3.05) is 7.11 Å². The van der Waals surface area contributed by atoms with Gasteiger partial charge in [0.2, 0.25) is 0 Å². The molecule has 2 aromatic heterocycles. The average molecular weight is 300 g/mol. The SMILES string of the molecule is COC1CCC(NC(=O)c2cnn(-c3cccnc3)c2)CC1. The van der Waals surface area contributed by atoms with Gasteiger partial charge in [-0.15, -0.1) is 0 Å². The first-order valence-corrected chi connectivity index (χ1v) is 7.55. The second-order valence-corrected chi connectivity index (χ2v) is 5.57. The molecular weight excluding hydrogens is 280 g/mol. The van der Waals surface area contributed by atoms with Gasteiger partial charge in [-0.1, -0.05) is 0 Å². The second-order valence-electron chi connectivity index (χ2n) is 5.57. The molecule has 1 N–H and O–H groups in total. The van der Waals surface area contributed by atoms with Crippen LogP contribution < -0.4 is 5.32 Å². The van der Waals surface area contributed by atoms with Crippen LogP contribution in [0, 0.1) is 0 Å². The van der Waals surface area contributed by atoms with Crippen molar-refractivity contribution in [2.24, 2.45) is 0 Å². The number of carbonyl (C=O) groups is 1. The van der Waals surface area contributed by atoms with E-state index in [1.807, 2.05) is 12.1 Å². The average Bonchev–Trinajstić information content (AvgIpc) is 3.06. The highest BCUT2D eigenvalue weighted by Crippen LogP contribution is 2.21. The molecule has 0 aliphatic heterocycles. The van der Waals surface area contributed by atoms with Gasteiger partial charge in [0.05, 0.1) is 29.7 Å². The Morgan fingerprint density at radius 3 is 2.82 bits per heavy atom.